The molecule has 0 saturated carbocycles. The van der Waals surface area contributed by atoms with Gasteiger partial charge in [0, 0.05) is 6.54 Å². The summed E-state index contributed by atoms with van der Waals surface area (Å²) >= 11 is 1.52. The Bertz CT molecular complexity index is 629. The van der Waals surface area contributed by atoms with Gasteiger partial charge in [-0.25, -0.2) is 4.79 Å². The molecule has 1 atom stereocenters. The van der Waals surface area contributed by atoms with Crippen molar-refractivity contribution in [3.63, 3.8) is 0 Å². The van der Waals surface area contributed by atoms with E-state index in [0.717, 1.165) is 16.9 Å². The molecule has 2 rings (SSSR count). The van der Waals surface area contributed by atoms with Gasteiger partial charge in [-0.15, -0.1) is 0 Å². The number of hydrogen-bond donors (Lipinski definition) is 3. The summed E-state index contributed by atoms with van der Waals surface area (Å²) in [4.78, 5) is 11.7. The molecule has 2 amide bonds. The van der Waals surface area contributed by atoms with Gasteiger partial charge in [0.15, 0.2) is 0 Å². The molecular formula is C18H24N2O3S. The van der Waals surface area contributed by atoms with E-state index in [-0.39, 0.29) is 12.6 Å². The third kappa shape index (κ3) is 5.54. The van der Waals surface area contributed by atoms with Crippen molar-refractivity contribution in [1.82, 2.24) is 10.6 Å². The summed E-state index contributed by atoms with van der Waals surface area (Å²) in [7, 11) is 0. The number of aliphatic hydroxyl groups excluding tert-OH is 1. The van der Waals surface area contributed by atoms with Crippen LogP contribution >= 0.6 is 11.3 Å². The first kappa shape index (κ1) is 18.3. The van der Waals surface area contributed by atoms with Crippen molar-refractivity contribution in [1.29, 1.82) is 0 Å². The van der Waals surface area contributed by atoms with Gasteiger partial charge in [0.2, 0.25) is 0 Å². The summed E-state index contributed by atoms with van der Waals surface area (Å²) in [5.41, 5.74) is 1.97. The lowest BCUT2D eigenvalue weighted by molar-refractivity contribution is 0.173. The first-order valence-electron chi connectivity index (χ1n) is 8.01. The van der Waals surface area contributed by atoms with E-state index in [1.807, 2.05) is 41.1 Å². The highest BCUT2D eigenvalue weighted by Crippen LogP contribution is 2.25. The number of ether oxygens (including phenoxy) is 1. The van der Waals surface area contributed by atoms with Crippen molar-refractivity contribution in [2.45, 2.75) is 25.9 Å². The lowest BCUT2D eigenvalue weighted by Gasteiger charge is -2.14. The van der Waals surface area contributed by atoms with Crippen LogP contribution in [0.1, 0.15) is 37.0 Å². The van der Waals surface area contributed by atoms with E-state index >= 15 is 0 Å². The summed E-state index contributed by atoms with van der Waals surface area (Å²) < 4.78 is 5.74. The highest BCUT2D eigenvalue weighted by molar-refractivity contribution is 7.07. The monoisotopic (exact) mass is 348 g/mol. The van der Waals surface area contributed by atoms with Crippen LogP contribution in [0.15, 0.2) is 41.1 Å². The van der Waals surface area contributed by atoms with Crippen molar-refractivity contribution >= 4 is 17.4 Å². The van der Waals surface area contributed by atoms with Gasteiger partial charge in [-0.3, -0.25) is 0 Å². The molecule has 130 valence electrons. The summed E-state index contributed by atoms with van der Waals surface area (Å²) in [6.45, 7) is 5.20. The molecule has 1 heterocycles. The molecule has 0 spiro atoms. The molecule has 0 radical (unpaired) electrons. The van der Waals surface area contributed by atoms with Crippen LogP contribution in [-0.4, -0.2) is 30.8 Å². The third-order valence-corrected chi connectivity index (χ3v) is 4.27. The third-order valence-electron chi connectivity index (χ3n) is 3.57. The van der Waals surface area contributed by atoms with E-state index in [9.17, 15) is 9.90 Å². The Hall–Kier alpha value is -2.05. The average molecular weight is 348 g/mol. The van der Waals surface area contributed by atoms with E-state index < -0.39 is 6.10 Å². The van der Waals surface area contributed by atoms with Crippen molar-refractivity contribution < 1.29 is 14.6 Å². The number of amides is 2. The predicted octanol–water partition coefficient (Wildman–Crippen LogP) is 3.28. The summed E-state index contributed by atoms with van der Waals surface area (Å²) in [6, 6.07) is 9.44. The molecule has 0 saturated heterocycles. The van der Waals surface area contributed by atoms with Gasteiger partial charge in [0.1, 0.15) is 12.4 Å². The number of carbonyl (C=O) groups excluding carboxylic acids is 1. The Kier molecular flexibility index (Phi) is 7.08. The second kappa shape index (κ2) is 9.30. The molecule has 0 aliphatic rings. The molecule has 3 N–H and O–H groups in total. The van der Waals surface area contributed by atoms with Gasteiger partial charge in [-0.05, 0) is 39.9 Å². The van der Waals surface area contributed by atoms with Crippen molar-refractivity contribution in [2.75, 3.05) is 19.7 Å². The summed E-state index contributed by atoms with van der Waals surface area (Å²) in [6.07, 6.45) is -0.684. The molecule has 1 aromatic carbocycles. The topological polar surface area (TPSA) is 70.6 Å². The van der Waals surface area contributed by atoms with E-state index in [2.05, 4.69) is 24.5 Å². The number of rotatable bonds is 8. The number of urea groups is 1. The molecule has 5 nitrogen and oxygen atoms in total. The molecule has 1 unspecified atom stereocenters. The number of benzene rings is 1. The maximum Gasteiger partial charge on any atom is 0.315 e. The minimum atomic E-state index is -0.684. The van der Waals surface area contributed by atoms with Crippen molar-refractivity contribution in [3.8, 4) is 5.75 Å². The zero-order valence-electron chi connectivity index (χ0n) is 14.0. The fraction of sp³-hybridized carbons (Fsp3) is 0.389. The van der Waals surface area contributed by atoms with E-state index in [1.54, 1.807) is 0 Å². The zero-order chi connectivity index (χ0) is 17.4. The molecular weight excluding hydrogens is 324 g/mol. The lowest BCUT2D eigenvalue weighted by atomic mass is 10.0. The Labute approximate surface area is 146 Å². The van der Waals surface area contributed by atoms with Crippen LogP contribution in [0, 0.1) is 0 Å². The Morgan fingerprint density at radius 2 is 2.04 bits per heavy atom. The summed E-state index contributed by atoms with van der Waals surface area (Å²) in [5, 5.41) is 19.0. The lowest BCUT2D eigenvalue weighted by Crippen LogP contribution is -2.39. The number of thiophene rings is 1. The van der Waals surface area contributed by atoms with Crippen LogP contribution in [-0.2, 0) is 0 Å². The van der Waals surface area contributed by atoms with Crippen LogP contribution in [0.4, 0.5) is 4.79 Å². The van der Waals surface area contributed by atoms with Crippen LogP contribution in [0.5, 0.6) is 5.75 Å². The molecule has 1 aromatic heterocycles. The van der Waals surface area contributed by atoms with Crippen molar-refractivity contribution in [2.24, 2.45) is 0 Å². The second-order valence-electron chi connectivity index (χ2n) is 5.75. The van der Waals surface area contributed by atoms with Gasteiger partial charge in [0.05, 0.1) is 12.6 Å². The molecule has 0 aliphatic carbocycles. The highest BCUT2D eigenvalue weighted by atomic mass is 32.1. The predicted molar refractivity (Wildman–Crippen MR) is 96.7 cm³/mol. The number of nitrogens with one attached hydrogen (secondary N) is 2. The average Bonchev–Trinajstić information content (AvgIpc) is 3.11. The van der Waals surface area contributed by atoms with E-state index in [1.165, 1.54) is 11.3 Å². The first-order valence-corrected chi connectivity index (χ1v) is 8.95. The minimum absolute atomic E-state index is 0.180. The van der Waals surface area contributed by atoms with Crippen LogP contribution in [0.25, 0.3) is 0 Å². The van der Waals surface area contributed by atoms with E-state index in [4.69, 9.17) is 4.74 Å². The van der Waals surface area contributed by atoms with Crippen molar-refractivity contribution in [3.05, 3.63) is 52.2 Å². The summed E-state index contributed by atoms with van der Waals surface area (Å²) in [5.74, 6) is 1.23. The second-order valence-corrected chi connectivity index (χ2v) is 6.53. The van der Waals surface area contributed by atoms with Crippen LogP contribution in [0.3, 0.4) is 0 Å². The molecule has 24 heavy (non-hydrogen) atoms. The molecule has 0 bridgehead atoms. The standard InChI is InChI=1S/C18H24N2O3S/c1-13(2)15-5-3-4-6-17(15)23-9-8-19-18(22)20-11-16(21)14-7-10-24-12-14/h3-7,10,12-13,16,21H,8-9,11H2,1-2H3,(H2,19,20,22). The Balaban J connectivity index is 1.66. The largest absolute Gasteiger partial charge is 0.491 e. The molecule has 2 aromatic rings. The molecule has 6 heteroatoms. The quantitative estimate of drug-likeness (QED) is 0.641. The van der Waals surface area contributed by atoms with Gasteiger partial charge >= 0.3 is 6.03 Å². The normalized spacial score (nSPS) is 12.0. The fourth-order valence-corrected chi connectivity index (χ4v) is 2.96. The number of hydrogen-bond acceptors (Lipinski definition) is 4. The number of aliphatic hydroxyl groups is 1. The first-order chi connectivity index (χ1) is 11.6. The smallest absolute Gasteiger partial charge is 0.315 e. The fourth-order valence-electron chi connectivity index (χ4n) is 2.25. The van der Waals surface area contributed by atoms with Crippen LogP contribution in [0.2, 0.25) is 0 Å². The van der Waals surface area contributed by atoms with Gasteiger partial charge < -0.3 is 20.5 Å². The Morgan fingerprint density at radius 3 is 2.75 bits per heavy atom. The SMILES string of the molecule is CC(C)c1ccccc1OCCNC(=O)NCC(O)c1ccsc1. The van der Waals surface area contributed by atoms with Crippen LogP contribution < -0.4 is 15.4 Å². The van der Waals surface area contributed by atoms with E-state index in [0.29, 0.717) is 19.1 Å². The van der Waals surface area contributed by atoms with Gasteiger partial charge in [-0.2, -0.15) is 11.3 Å². The molecule has 0 fully saturated rings. The maximum absolute atomic E-state index is 11.7. The van der Waals surface area contributed by atoms with Gasteiger partial charge in [-0.1, -0.05) is 32.0 Å². The maximum atomic E-state index is 11.7. The number of carbonyl (C=O) groups is 1. The van der Waals surface area contributed by atoms with Gasteiger partial charge in [0.25, 0.3) is 0 Å². The number of para-hydroxylation sites is 1. The minimum Gasteiger partial charge on any atom is -0.491 e. The molecule has 0 aliphatic heterocycles. The Morgan fingerprint density at radius 1 is 1.25 bits per heavy atom. The zero-order valence-corrected chi connectivity index (χ0v) is 14.8. The highest BCUT2D eigenvalue weighted by Gasteiger charge is 2.10.